The van der Waals surface area contributed by atoms with Crippen LogP contribution in [0.4, 0.5) is 5.82 Å². The van der Waals surface area contributed by atoms with E-state index >= 15 is 0 Å². The number of nitrogen functional groups attached to an aromatic ring is 1. The summed E-state index contributed by atoms with van der Waals surface area (Å²) in [5.74, 6) is 2.47. The first-order chi connectivity index (χ1) is 10.0. The van der Waals surface area contributed by atoms with Crippen LogP contribution in [0.15, 0.2) is 24.8 Å². The molecule has 21 heavy (non-hydrogen) atoms. The first kappa shape index (κ1) is 13.9. The molecule has 2 N–H and O–H groups in total. The number of nitrogens with zero attached hydrogens (tertiary/aromatic N) is 2. The number of aryl methyl sites for hydroxylation is 3. The van der Waals surface area contributed by atoms with Gasteiger partial charge in [0.2, 0.25) is 0 Å². The standard InChI is InChI=1S/C18H23N3/c1-5-8-21-17(19)16(20-18(21)14-6-7-14)15-10-12(3)11(2)9-13(15)4/h5,9-10,14H,1,6-8,19H2,2-4H3. The summed E-state index contributed by atoms with van der Waals surface area (Å²) in [7, 11) is 0. The third kappa shape index (κ3) is 2.37. The van der Waals surface area contributed by atoms with Crippen LogP contribution in [0, 0.1) is 20.8 Å². The summed E-state index contributed by atoms with van der Waals surface area (Å²) in [6.07, 6.45) is 4.33. The number of benzene rings is 1. The average molecular weight is 281 g/mol. The molecule has 0 unspecified atom stereocenters. The van der Waals surface area contributed by atoms with Crippen LogP contribution < -0.4 is 5.73 Å². The fraction of sp³-hybridized carbons (Fsp3) is 0.389. The summed E-state index contributed by atoms with van der Waals surface area (Å²) >= 11 is 0. The van der Waals surface area contributed by atoms with E-state index < -0.39 is 0 Å². The van der Waals surface area contributed by atoms with Gasteiger partial charge in [0, 0.05) is 18.0 Å². The Bertz CT molecular complexity index is 706. The number of allylic oxidation sites excluding steroid dienone is 1. The molecular weight excluding hydrogens is 258 g/mol. The van der Waals surface area contributed by atoms with E-state index in [0.29, 0.717) is 5.92 Å². The largest absolute Gasteiger partial charge is 0.383 e. The maximum atomic E-state index is 6.40. The molecule has 0 spiro atoms. The van der Waals surface area contributed by atoms with Crippen LogP contribution in [0.1, 0.15) is 41.3 Å². The van der Waals surface area contributed by atoms with Crippen LogP contribution in [0.25, 0.3) is 11.3 Å². The number of rotatable bonds is 4. The van der Waals surface area contributed by atoms with Crippen molar-refractivity contribution in [3.8, 4) is 11.3 Å². The third-order valence-corrected chi connectivity index (χ3v) is 4.39. The molecule has 0 atom stereocenters. The minimum absolute atomic E-state index is 0.577. The van der Waals surface area contributed by atoms with Crippen LogP contribution >= 0.6 is 0 Å². The van der Waals surface area contributed by atoms with Crippen LogP contribution in [0.3, 0.4) is 0 Å². The monoisotopic (exact) mass is 281 g/mol. The van der Waals surface area contributed by atoms with Gasteiger partial charge in [-0.15, -0.1) is 6.58 Å². The summed E-state index contributed by atoms with van der Waals surface area (Å²) < 4.78 is 2.12. The fourth-order valence-corrected chi connectivity index (χ4v) is 2.87. The Labute approximate surface area is 126 Å². The number of nitrogens with two attached hydrogens (primary N) is 1. The summed E-state index contributed by atoms with van der Waals surface area (Å²) in [6, 6.07) is 4.42. The Balaban J connectivity index is 2.16. The zero-order chi connectivity index (χ0) is 15.1. The molecule has 0 bridgehead atoms. The molecule has 0 radical (unpaired) electrons. The predicted octanol–water partition coefficient (Wildman–Crippen LogP) is 4.12. The van der Waals surface area contributed by atoms with Crippen molar-refractivity contribution in [3.63, 3.8) is 0 Å². The molecule has 1 aliphatic rings. The van der Waals surface area contributed by atoms with Crippen LogP contribution in [-0.2, 0) is 6.54 Å². The topological polar surface area (TPSA) is 43.8 Å². The number of hydrogen-bond donors (Lipinski definition) is 1. The van der Waals surface area contributed by atoms with Gasteiger partial charge in [-0.05, 0) is 56.4 Å². The smallest absolute Gasteiger partial charge is 0.132 e. The van der Waals surface area contributed by atoms with Crippen molar-refractivity contribution in [2.45, 2.75) is 46.1 Å². The quantitative estimate of drug-likeness (QED) is 0.857. The Hall–Kier alpha value is -2.03. The van der Waals surface area contributed by atoms with E-state index in [9.17, 15) is 0 Å². The number of anilines is 1. The van der Waals surface area contributed by atoms with E-state index in [0.717, 1.165) is 29.4 Å². The van der Waals surface area contributed by atoms with E-state index in [-0.39, 0.29) is 0 Å². The highest BCUT2D eigenvalue weighted by atomic mass is 15.1. The molecular formula is C18H23N3. The van der Waals surface area contributed by atoms with Gasteiger partial charge in [0.05, 0.1) is 0 Å². The predicted molar refractivity (Wildman–Crippen MR) is 88.5 cm³/mol. The van der Waals surface area contributed by atoms with E-state index in [4.69, 9.17) is 10.7 Å². The molecule has 110 valence electrons. The minimum atomic E-state index is 0.577. The molecule has 2 aromatic rings. The van der Waals surface area contributed by atoms with Gasteiger partial charge < -0.3 is 10.3 Å². The van der Waals surface area contributed by atoms with Crippen LogP contribution in [0.5, 0.6) is 0 Å². The highest BCUT2D eigenvalue weighted by Crippen LogP contribution is 2.42. The maximum absolute atomic E-state index is 6.40. The van der Waals surface area contributed by atoms with Crippen molar-refractivity contribution < 1.29 is 0 Å². The lowest BCUT2D eigenvalue weighted by molar-refractivity contribution is 0.750. The van der Waals surface area contributed by atoms with Gasteiger partial charge in [-0.1, -0.05) is 12.1 Å². The molecule has 0 amide bonds. The Kier molecular flexibility index (Phi) is 3.36. The zero-order valence-electron chi connectivity index (χ0n) is 13.1. The molecule has 1 heterocycles. The van der Waals surface area contributed by atoms with Crippen molar-refractivity contribution in [2.75, 3.05) is 5.73 Å². The highest BCUT2D eigenvalue weighted by molar-refractivity contribution is 5.75. The molecule has 3 rings (SSSR count). The van der Waals surface area contributed by atoms with Gasteiger partial charge in [-0.25, -0.2) is 4.98 Å². The van der Waals surface area contributed by atoms with Gasteiger partial charge in [0.15, 0.2) is 0 Å². The molecule has 1 aromatic carbocycles. The average Bonchev–Trinajstić information content (AvgIpc) is 3.22. The Morgan fingerprint density at radius 3 is 2.52 bits per heavy atom. The van der Waals surface area contributed by atoms with E-state index in [1.165, 1.54) is 29.5 Å². The van der Waals surface area contributed by atoms with Gasteiger partial charge in [0.25, 0.3) is 0 Å². The summed E-state index contributed by atoms with van der Waals surface area (Å²) in [6.45, 7) is 11.0. The molecule has 0 aliphatic heterocycles. The summed E-state index contributed by atoms with van der Waals surface area (Å²) in [4.78, 5) is 4.88. The second-order valence-electron chi connectivity index (χ2n) is 6.13. The van der Waals surface area contributed by atoms with Crippen molar-refractivity contribution in [1.29, 1.82) is 0 Å². The molecule has 1 saturated carbocycles. The van der Waals surface area contributed by atoms with Crippen molar-refractivity contribution in [1.82, 2.24) is 9.55 Å². The first-order valence-corrected chi connectivity index (χ1v) is 7.58. The Morgan fingerprint density at radius 2 is 1.90 bits per heavy atom. The van der Waals surface area contributed by atoms with Gasteiger partial charge in [-0.2, -0.15) is 0 Å². The molecule has 1 aliphatic carbocycles. The SMILES string of the molecule is C=CCn1c(C2CC2)nc(-c2cc(C)c(C)cc2C)c1N. The van der Waals surface area contributed by atoms with Crippen molar-refractivity contribution >= 4 is 5.82 Å². The lowest BCUT2D eigenvalue weighted by atomic mass is 9.99. The second-order valence-corrected chi connectivity index (χ2v) is 6.13. The van der Waals surface area contributed by atoms with Crippen LogP contribution in [-0.4, -0.2) is 9.55 Å². The van der Waals surface area contributed by atoms with Gasteiger partial charge >= 0.3 is 0 Å². The molecule has 3 nitrogen and oxygen atoms in total. The maximum Gasteiger partial charge on any atom is 0.132 e. The summed E-state index contributed by atoms with van der Waals surface area (Å²) in [5.41, 5.74) is 12.3. The third-order valence-electron chi connectivity index (χ3n) is 4.39. The first-order valence-electron chi connectivity index (χ1n) is 7.58. The lowest BCUT2D eigenvalue weighted by Gasteiger charge is -2.09. The van der Waals surface area contributed by atoms with Gasteiger partial charge in [0.1, 0.15) is 17.3 Å². The molecule has 3 heteroatoms. The molecule has 1 aromatic heterocycles. The lowest BCUT2D eigenvalue weighted by Crippen LogP contribution is -2.05. The second kappa shape index (κ2) is 5.06. The zero-order valence-corrected chi connectivity index (χ0v) is 13.1. The van der Waals surface area contributed by atoms with E-state index in [1.807, 2.05) is 6.08 Å². The van der Waals surface area contributed by atoms with Crippen molar-refractivity contribution in [2.24, 2.45) is 0 Å². The fourth-order valence-electron chi connectivity index (χ4n) is 2.87. The van der Waals surface area contributed by atoms with Crippen molar-refractivity contribution in [3.05, 3.63) is 47.3 Å². The number of aromatic nitrogens is 2. The van der Waals surface area contributed by atoms with Gasteiger partial charge in [-0.3, -0.25) is 0 Å². The normalized spacial score (nSPS) is 14.4. The van der Waals surface area contributed by atoms with Crippen LogP contribution in [0.2, 0.25) is 0 Å². The van der Waals surface area contributed by atoms with E-state index in [1.54, 1.807) is 0 Å². The number of hydrogen-bond acceptors (Lipinski definition) is 2. The molecule has 1 fully saturated rings. The number of imidazole rings is 1. The summed E-state index contributed by atoms with van der Waals surface area (Å²) in [5, 5.41) is 0. The molecule has 0 saturated heterocycles. The Morgan fingerprint density at radius 1 is 1.24 bits per heavy atom. The minimum Gasteiger partial charge on any atom is -0.383 e. The van der Waals surface area contributed by atoms with E-state index in [2.05, 4.69) is 44.0 Å². The highest BCUT2D eigenvalue weighted by Gasteiger charge is 2.31.